The molecule has 0 amide bonds. The van der Waals surface area contributed by atoms with Crippen molar-refractivity contribution in [3.05, 3.63) is 23.8 Å². The summed E-state index contributed by atoms with van der Waals surface area (Å²) in [5.41, 5.74) is 2.22. The molecule has 6 nitrogen and oxygen atoms in total. The van der Waals surface area contributed by atoms with Crippen LogP contribution in [0.5, 0.6) is 5.75 Å². The van der Waals surface area contributed by atoms with Gasteiger partial charge in [0.05, 0.1) is 26.2 Å². The Kier molecular flexibility index (Phi) is 4.46. The summed E-state index contributed by atoms with van der Waals surface area (Å²) in [4.78, 5) is 13.6. The number of ether oxygens (including phenoxy) is 3. The van der Waals surface area contributed by atoms with E-state index >= 15 is 0 Å². The topological polar surface area (TPSA) is 68.2 Å². The van der Waals surface area contributed by atoms with Gasteiger partial charge in [-0.25, -0.2) is 0 Å². The third-order valence-electron chi connectivity index (χ3n) is 4.62. The molecule has 4 atom stereocenters. The van der Waals surface area contributed by atoms with E-state index in [1.807, 2.05) is 31.1 Å². The maximum absolute atomic E-state index is 11.6. The lowest BCUT2D eigenvalue weighted by Crippen LogP contribution is -2.46. The monoisotopic (exact) mass is 321 g/mol. The molecule has 2 heterocycles. The van der Waals surface area contributed by atoms with Crippen LogP contribution in [0.1, 0.15) is 24.3 Å². The zero-order valence-corrected chi connectivity index (χ0v) is 13.7. The Morgan fingerprint density at radius 1 is 1.43 bits per heavy atom. The normalized spacial score (nSPS) is 28.5. The highest BCUT2D eigenvalue weighted by atomic mass is 16.6. The van der Waals surface area contributed by atoms with Crippen LogP contribution < -0.4 is 9.64 Å². The lowest BCUT2D eigenvalue weighted by atomic mass is 9.84. The fourth-order valence-electron chi connectivity index (χ4n) is 3.42. The van der Waals surface area contributed by atoms with Gasteiger partial charge in [-0.1, -0.05) is 0 Å². The summed E-state index contributed by atoms with van der Waals surface area (Å²) in [7, 11) is 5.36. The molecule has 2 aliphatic rings. The van der Waals surface area contributed by atoms with E-state index in [1.165, 1.54) is 7.11 Å². The number of aliphatic hydroxyl groups excluding tert-OH is 1. The highest BCUT2D eigenvalue weighted by molar-refractivity contribution is 5.69. The Bertz CT molecular complexity index is 588. The molecule has 0 aliphatic carbocycles. The third kappa shape index (κ3) is 3.01. The van der Waals surface area contributed by atoms with E-state index in [1.54, 1.807) is 0 Å². The van der Waals surface area contributed by atoms with Crippen molar-refractivity contribution in [2.75, 3.05) is 32.7 Å². The van der Waals surface area contributed by atoms with E-state index in [2.05, 4.69) is 6.07 Å². The molecular weight excluding hydrogens is 298 g/mol. The Hall–Kier alpha value is -1.79. The van der Waals surface area contributed by atoms with E-state index < -0.39 is 6.10 Å². The molecule has 126 valence electrons. The Morgan fingerprint density at radius 3 is 2.87 bits per heavy atom. The molecule has 0 bridgehead atoms. The molecule has 1 aromatic carbocycles. The number of benzene rings is 1. The van der Waals surface area contributed by atoms with Crippen molar-refractivity contribution in [2.24, 2.45) is 0 Å². The van der Waals surface area contributed by atoms with Gasteiger partial charge in [-0.15, -0.1) is 0 Å². The van der Waals surface area contributed by atoms with E-state index in [-0.39, 0.29) is 37.1 Å². The number of methoxy groups -OCH3 is 1. The number of esters is 1. The SMILES string of the molecule is COC(=O)C[C@@H]1C[C@H]2c3cc(N(C)C)ccc3O[C@H]2[C@H](CO)O1. The van der Waals surface area contributed by atoms with Crippen molar-refractivity contribution in [3.63, 3.8) is 0 Å². The molecule has 0 saturated carbocycles. The predicted octanol–water partition coefficient (Wildman–Crippen LogP) is 1.31. The van der Waals surface area contributed by atoms with Gasteiger partial charge >= 0.3 is 5.97 Å². The van der Waals surface area contributed by atoms with Crippen LogP contribution in [-0.2, 0) is 14.3 Å². The molecular formula is C17H23NO5. The van der Waals surface area contributed by atoms with Crippen LogP contribution in [0, 0.1) is 0 Å². The van der Waals surface area contributed by atoms with Crippen LogP contribution >= 0.6 is 0 Å². The molecule has 1 fully saturated rings. The minimum absolute atomic E-state index is 0.116. The number of hydrogen-bond donors (Lipinski definition) is 1. The Balaban J connectivity index is 1.86. The minimum Gasteiger partial charge on any atom is -0.487 e. The first kappa shape index (κ1) is 16.1. The molecule has 2 aliphatic heterocycles. The molecule has 23 heavy (non-hydrogen) atoms. The van der Waals surface area contributed by atoms with Gasteiger partial charge in [-0.05, 0) is 24.6 Å². The number of rotatable bonds is 4. The quantitative estimate of drug-likeness (QED) is 0.844. The minimum atomic E-state index is -0.432. The van der Waals surface area contributed by atoms with Crippen molar-refractivity contribution < 1.29 is 24.1 Å². The summed E-state index contributed by atoms with van der Waals surface area (Å²) in [6.45, 7) is -0.132. The first-order chi connectivity index (χ1) is 11.0. The van der Waals surface area contributed by atoms with Gasteiger partial charge in [-0.2, -0.15) is 0 Å². The zero-order chi connectivity index (χ0) is 16.6. The van der Waals surface area contributed by atoms with Crippen LogP contribution in [-0.4, -0.2) is 57.2 Å². The number of anilines is 1. The summed E-state index contributed by atoms with van der Waals surface area (Å²) in [6, 6.07) is 6.10. The van der Waals surface area contributed by atoms with E-state index in [9.17, 15) is 9.90 Å². The second-order valence-corrected chi connectivity index (χ2v) is 6.30. The summed E-state index contributed by atoms with van der Waals surface area (Å²) in [5.74, 6) is 0.656. The summed E-state index contributed by atoms with van der Waals surface area (Å²) in [6.07, 6.45) is -0.0302. The molecule has 0 spiro atoms. The average Bonchev–Trinajstić information content (AvgIpc) is 2.91. The number of carbonyl (C=O) groups excluding carboxylic acids is 1. The molecule has 0 aromatic heterocycles. The van der Waals surface area contributed by atoms with Gasteiger partial charge < -0.3 is 24.2 Å². The Morgan fingerprint density at radius 2 is 2.22 bits per heavy atom. The molecule has 1 N–H and O–H groups in total. The number of hydrogen-bond acceptors (Lipinski definition) is 6. The third-order valence-corrected chi connectivity index (χ3v) is 4.62. The fourth-order valence-corrected chi connectivity index (χ4v) is 3.42. The van der Waals surface area contributed by atoms with Gasteiger partial charge in [0.1, 0.15) is 18.0 Å². The van der Waals surface area contributed by atoms with E-state index in [0.29, 0.717) is 6.42 Å². The standard InChI is InChI=1S/C17H23NO5/c1-18(2)10-4-5-14-12(6-10)13-7-11(8-16(20)21-3)22-15(9-19)17(13)23-14/h4-6,11,13,15,17,19H,7-9H2,1-3H3/t11-,13-,15-,17+/m0/s1. The Labute approximate surface area is 135 Å². The van der Waals surface area contributed by atoms with E-state index in [0.717, 1.165) is 17.0 Å². The summed E-state index contributed by atoms with van der Waals surface area (Å²) >= 11 is 0. The van der Waals surface area contributed by atoms with Crippen molar-refractivity contribution in [2.45, 2.75) is 37.1 Å². The number of aliphatic hydroxyl groups is 1. The average molecular weight is 321 g/mol. The highest BCUT2D eigenvalue weighted by Crippen LogP contribution is 2.47. The van der Waals surface area contributed by atoms with Crippen molar-refractivity contribution in [1.82, 2.24) is 0 Å². The smallest absolute Gasteiger partial charge is 0.308 e. The van der Waals surface area contributed by atoms with Gasteiger partial charge in [0.2, 0.25) is 0 Å². The van der Waals surface area contributed by atoms with Crippen molar-refractivity contribution in [1.29, 1.82) is 0 Å². The van der Waals surface area contributed by atoms with Gasteiger partial charge in [0.15, 0.2) is 0 Å². The van der Waals surface area contributed by atoms with E-state index in [4.69, 9.17) is 14.2 Å². The second kappa shape index (κ2) is 6.37. The predicted molar refractivity (Wildman–Crippen MR) is 84.9 cm³/mol. The number of nitrogens with zero attached hydrogens (tertiary/aromatic N) is 1. The highest BCUT2D eigenvalue weighted by Gasteiger charge is 2.46. The fraction of sp³-hybridized carbons (Fsp3) is 0.588. The number of carbonyl (C=O) groups is 1. The van der Waals surface area contributed by atoms with Gasteiger partial charge in [-0.3, -0.25) is 4.79 Å². The molecule has 1 saturated heterocycles. The van der Waals surface area contributed by atoms with Crippen LogP contribution in [0.3, 0.4) is 0 Å². The van der Waals surface area contributed by atoms with Crippen molar-refractivity contribution >= 4 is 11.7 Å². The second-order valence-electron chi connectivity index (χ2n) is 6.30. The molecule has 3 rings (SSSR count). The lowest BCUT2D eigenvalue weighted by Gasteiger charge is -2.36. The van der Waals surface area contributed by atoms with Crippen molar-refractivity contribution in [3.8, 4) is 5.75 Å². The molecule has 1 aromatic rings. The largest absolute Gasteiger partial charge is 0.487 e. The molecule has 0 radical (unpaired) electrons. The molecule has 0 unspecified atom stereocenters. The summed E-state index contributed by atoms with van der Waals surface area (Å²) in [5, 5.41) is 9.64. The maximum Gasteiger partial charge on any atom is 0.308 e. The van der Waals surface area contributed by atoms with Crippen LogP contribution in [0.2, 0.25) is 0 Å². The van der Waals surface area contributed by atoms with Crippen LogP contribution in [0.25, 0.3) is 0 Å². The number of fused-ring (bicyclic) bond motifs is 3. The van der Waals surface area contributed by atoms with Crippen LogP contribution in [0.4, 0.5) is 5.69 Å². The lowest BCUT2D eigenvalue weighted by molar-refractivity contribution is -0.156. The van der Waals surface area contributed by atoms with Gasteiger partial charge in [0.25, 0.3) is 0 Å². The first-order valence-electron chi connectivity index (χ1n) is 7.84. The molecule has 6 heteroatoms. The zero-order valence-electron chi connectivity index (χ0n) is 13.7. The maximum atomic E-state index is 11.6. The summed E-state index contributed by atoms with van der Waals surface area (Å²) < 4.78 is 16.6. The van der Waals surface area contributed by atoms with Crippen LogP contribution in [0.15, 0.2) is 18.2 Å². The first-order valence-corrected chi connectivity index (χ1v) is 7.84. The van der Waals surface area contributed by atoms with Gasteiger partial charge in [0, 0.05) is 31.3 Å².